The lowest BCUT2D eigenvalue weighted by atomic mass is 10.1. The maximum atomic E-state index is 15.2. The Bertz CT molecular complexity index is 1540. The molecule has 1 saturated carbocycles. The lowest BCUT2D eigenvalue weighted by Crippen LogP contribution is -2.46. The fourth-order valence-corrected chi connectivity index (χ4v) is 5.05. The molecule has 1 aliphatic heterocycles. The van der Waals surface area contributed by atoms with Crippen LogP contribution in [-0.2, 0) is 6.54 Å². The molecule has 2 aliphatic rings. The number of hydrogen-bond acceptors (Lipinski definition) is 5. The molecular weight excluding hydrogens is 473 g/mol. The molecule has 1 saturated heterocycles. The van der Waals surface area contributed by atoms with Crippen LogP contribution >= 0.6 is 11.6 Å². The van der Waals surface area contributed by atoms with Gasteiger partial charge in [0.25, 0.3) is 0 Å². The molecule has 2 N–H and O–H groups in total. The van der Waals surface area contributed by atoms with Gasteiger partial charge in [-0.05, 0) is 43.2 Å². The van der Waals surface area contributed by atoms with Crippen molar-refractivity contribution in [3.05, 3.63) is 69.0 Å². The number of imidazole rings is 1. The molecule has 0 spiro atoms. The summed E-state index contributed by atoms with van der Waals surface area (Å²) in [5, 5.41) is 10.2. The maximum Gasteiger partial charge on any atom is 0.341 e. The molecule has 0 unspecified atom stereocenters. The lowest BCUT2D eigenvalue weighted by molar-refractivity contribution is 0.0695. The highest BCUT2D eigenvalue weighted by Crippen LogP contribution is 2.38. The van der Waals surface area contributed by atoms with Crippen molar-refractivity contribution in [2.45, 2.75) is 25.4 Å². The number of carbonyl (C=O) groups is 1. The van der Waals surface area contributed by atoms with Crippen LogP contribution in [0.1, 0.15) is 35.1 Å². The second-order valence-electron chi connectivity index (χ2n) is 9.24. The monoisotopic (exact) mass is 495 g/mol. The fourth-order valence-electron chi connectivity index (χ4n) is 4.88. The highest BCUT2D eigenvalue weighted by atomic mass is 35.5. The normalized spacial score (nSPS) is 16.9. The van der Waals surface area contributed by atoms with Gasteiger partial charge in [-0.15, -0.1) is 0 Å². The SMILES string of the molecule is O=C(O)c1cn(C2CC2)c2cc(N3CCN(Cc4nc5ccc(Cl)cc5[nH]4)CC3)c(F)cc2c1=O. The summed E-state index contributed by atoms with van der Waals surface area (Å²) in [6.07, 6.45) is 3.23. The first-order chi connectivity index (χ1) is 16.9. The van der Waals surface area contributed by atoms with Crippen LogP contribution in [0.4, 0.5) is 10.1 Å². The van der Waals surface area contributed by atoms with Gasteiger partial charge in [0.15, 0.2) is 0 Å². The third-order valence-electron chi connectivity index (χ3n) is 6.85. The van der Waals surface area contributed by atoms with E-state index in [4.69, 9.17) is 11.6 Å². The number of nitrogens with one attached hydrogen (secondary N) is 1. The molecule has 10 heteroatoms. The molecule has 2 fully saturated rings. The van der Waals surface area contributed by atoms with Crippen LogP contribution in [0.15, 0.2) is 41.3 Å². The van der Waals surface area contributed by atoms with Gasteiger partial charge in [-0.2, -0.15) is 0 Å². The van der Waals surface area contributed by atoms with Gasteiger partial charge in [0, 0.05) is 48.8 Å². The number of carboxylic acids is 1. The number of halogens is 2. The van der Waals surface area contributed by atoms with Gasteiger partial charge in [-0.3, -0.25) is 9.69 Å². The van der Waals surface area contributed by atoms with E-state index in [0.717, 1.165) is 42.8 Å². The van der Waals surface area contributed by atoms with E-state index < -0.39 is 17.2 Å². The highest BCUT2D eigenvalue weighted by molar-refractivity contribution is 6.31. The van der Waals surface area contributed by atoms with Crippen LogP contribution in [0.25, 0.3) is 21.9 Å². The van der Waals surface area contributed by atoms with Crippen molar-refractivity contribution >= 4 is 45.2 Å². The number of nitrogens with zero attached hydrogens (tertiary/aromatic N) is 4. The molecule has 0 bridgehead atoms. The third kappa shape index (κ3) is 4.04. The summed E-state index contributed by atoms with van der Waals surface area (Å²) in [5.41, 5.74) is 1.82. The van der Waals surface area contributed by atoms with Crippen molar-refractivity contribution in [3.8, 4) is 0 Å². The summed E-state index contributed by atoms with van der Waals surface area (Å²) in [6, 6.07) is 8.60. The largest absolute Gasteiger partial charge is 0.477 e. The summed E-state index contributed by atoms with van der Waals surface area (Å²) >= 11 is 6.06. The van der Waals surface area contributed by atoms with Gasteiger partial charge in [-0.1, -0.05) is 11.6 Å². The van der Waals surface area contributed by atoms with Crippen LogP contribution in [0, 0.1) is 5.82 Å². The zero-order chi connectivity index (χ0) is 24.3. The second-order valence-corrected chi connectivity index (χ2v) is 9.68. The summed E-state index contributed by atoms with van der Waals surface area (Å²) in [4.78, 5) is 36.4. The Morgan fingerprint density at radius 2 is 1.94 bits per heavy atom. The summed E-state index contributed by atoms with van der Waals surface area (Å²) in [7, 11) is 0. The first kappa shape index (κ1) is 22.1. The van der Waals surface area contributed by atoms with Crippen LogP contribution in [0.3, 0.4) is 0 Å². The van der Waals surface area contributed by atoms with Gasteiger partial charge < -0.3 is 19.6 Å². The third-order valence-corrected chi connectivity index (χ3v) is 7.09. The molecule has 2 aromatic carbocycles. The van der Waals surface area contributed by atoms with Crippen molar-refractivity contribution in [1.29, 1.82) is 0 Å². The quantitative estimate of drug-likeness (QED) is 0.434. The Morgan fingerprint density at radius 1 is 1.17 bits per heavy atom. The van der Waals surface area contributed by atoms with Crippen molar-refractivity contribution in [3.63, 3.8) is 0 Å². The lowest BCUT2D eigenvalue weighted by Gasteiger charge is -2.36. The standard InChI is InChI=1S/C25H23ClFN5O3/c26-14-1-4-19-20(9-14)29-23(28-19)13-30-5-7-31(8-6-30)22-11-21-16(10-18(22)27)24(33)17(25(34)35)12-32(21)15-2-3-15/h1,4,9-12,15H,2-3,5-8,13H2,(H,28,29)(H,34,35). The minimum atomic E-state index is -1.29. The van der Waals surface area contributed by atoms with E-state index in [1.54, 1.807) is 6.07 Å². The van der Waals surface area contributed by atoms with Crippen LogP contribution in [0.2, 0.25) is 5.02 Å². The first-order valence-electron chi connectivity index (χ1n) is 11.6. The molecule has 0 radical (unpaired) electrons. The predicted molar refractivity (Wildman–Crippen MR) is 132 cm³/mol. The zero-order valence-electron chi connectivity index (χ0n) is 18.8. The number of benzene rings is 2. The topological polar surface area (TPSA) is 94.5 Å². The molecule has 2 aromatic heterocycles. The highest BCUT2D eigenvalue weighted by Gasteiger charge is 2.28. The molecule has 4 aromatic rings. The van der Waals surface area contributed by atoms with Crippen LogP contribution in [0.5, 0.6) is 0 Å². The number of hydrogen-bond donors (Lipinski definition) is 2. The van der Waals surface area contributed by atoms with E-state index in [2.05, 4.69) is 14.9 Å². The van der Waals surface area contributed by atoms with E-state index >= 15 is 4.39 Å². The Balaban J connectivity index is 1.24. The molecule has 1 aliphatic carbocycles. The number of H-pyrrole nitrogens is 1. The second kappa shape index (κ2) is 8.35. The van der Waals surface area contributed by atoms with E-state index in [9.17, 15) is 14.7 Å². The van der Waals surface area contributed by atoms with Gasteiger partial charge in [0.1, 0.15) is 17.2 Å². The van der Waals surface area contributed by atoms with Gasteiger partial charge in [-0.25, -0.2) is 14.2 Å². The average Bonchev–Trinajstić information content (AvgIpc) is 3.60. The first-order valence-corrected chi connectivity index (χ1v) is 12.0. The molecule has 8 nitrogen and oxygen atoms in total. The summed E-state index contributed by atoms with van der Waals surface area (Å²) in [5.74, 6) is -0.947. The Morgan fingerprint density at radius 3 is 2.66 bits per heavy atom. The zero-order valence-corrected chi connectivity index (χ0v) is 19.6. The van der Waals surface area contributed by atoms with Crippen molar-refractivity contribution in [2.24, 2.45) is 0 Å². The van der Waals surface area contributed by atoms with Crippen molar-refractivity contribution in [1.82, 2.24) is 19.4 Å². The molecule has 6 rings (SSSR count). The Labute approximate surface area is 204 Å². The smallest absolute Gasteiger partial charge is 0.341 e. The van der Waals surface area contributed by atoms with Gasteiger partial charge in [0.05, 0.1) is 28.8 Å². The summed E-state index contributed by atoms with van der Waals surface area (Å²) < 4.78 is 17.0. The van der Waals surface area contributed by atoms with E-state index in [0.29, 0.717) is 35.9 Å². The Hall–Kier alpha value is -3.43. The number of pyridine rings is 1. The van der Waals surface area contributed by atoms with Crippen LogP contribution in [-0.4, -0.2) is 56.7 Å². The van der Waals surface area contributed by atoms with E-state index in [1.807, 2.05) is 27.7 Å². The molecule has 35 heavy (non-hydrogen) atoms. The number of anilines is 1. The number of fused-ring (bicyclic) bond motifs is 2. The van der Waals surface area contributed by atoms with Crippen LogP contribution < -0.4 is 10.3 Å². The maximum absolute atomic E-state index is 15.2. The Kier molecular flexibility index (Phi) is 5.26. The predicted octanol–water partition coefficient (Wildman–Crippen LogP) is 4.03. The van der Waals surface area contributed by atoms with Crippen molar-refractivity contribution < 1.29 is 14.3 Å². The number of rotatable bonds is 5. The minimum absolute atomic E-state index is 0.113. The fraction of sp³-hybridized carbons (Fsp3) is 0.320. The molecule has 3 heterocycles. The molecule has 0 amide bonds. The van der Waals surface area contributed by atoms with Gasteiger partial charge in [0.2, 0.25) is 5.43 Å². The molecule has 180 valence electrons. The molecule has 0 atom stereocenters. The number of aromatic amines is 1. The summed E-state index contributed by atoms with van der Waals surface area (Å²) in [6.45, 7) is 3.34. The number of carboxylic acid groups (broad SMARTS) is 1. The van der Waals surface area contributed by atoms with E-state index in [1.165, 1.54) is 12.3 Å². The van der Waals surface area contributed by atoms with E-state index in [-0.39, 0.29) is 17.0 Å². The van der Waals surface area contributed by atoms with Gasteiger partial charge >= 0.3 is 5.97 Å². The number of piperazine rings is 1. The molecular formula is C25H23ClFN5O3. The number of aromatic carboxylic acids is 1. The average molecular weight is 496 g/mol. The number of aromatic nitrogens is 3. The van der Waals surface area contributed by atoms with Crippen molar-refractivity contribution in [2.75, 3.05) is 31.1 Å². The minimum Gasteiger partial charge on any atom is -0.477 e.